The van der Waals surface area contributed by atoms with E-state index in [9.17, 15) is 9.59 Å². The van der Waals surface area contributed by atoms with Crippen molar-refractivity contribution >= 4 is 17.5 Å². The fourth-order valence-corrected chi connectivity index (χ4v) is 3.68. The highest BCUT2D eigenvalue weighted by atomic mass is 16.5. The molecule has 27 heavy (non-hydrogen) atoms. The van der Waals surface area contributed by atoms with Crippen LogP contribution in [-0.2, 0) is 0 Å². The van der Waals surface area contributed by atoms with Crippen LogP contribution in [0.25, 0.3) is 0 Å². The monoisotopic (exact) mass is 368 g/mol. The molecule has 0 radical (unpaired) electrons. The molecule has 1 aliphatic heterocycles. The van der Waals surface area contributed by atoms with E-state index in [4.69, 9.17) is 10.5 Å². The Bertz CT molecular complexity index is 858. The predicted molar refractivity (Wildman–Crippen MR) is 102 cm³/mol. The van der Waals surface area contributed by atoms with E-state index in [0.717, 1.165) is 36.3 Å². The molecule has 1 saturated heterocycles. The fraction of sp³-hybridized carbons (Fsp3) is 0.400. The highest BCUT2D eigenvalue weighted by Gasteiger charge is 2.28. The summed E-state index contributed by atoms with van der Waals surface area (Å²) in [7, 11) is 1.64. The van der Waals surface area contributed by atoms with Crippen molar-refractivity contribution in [3.05, 3.63) is 46.9 Å². The second-order valence-corrected chi connectivity index (χ2v) is 6.92. The highest BCUT2D eigenvalue weighted by Crippen LogP contribution is 2.28. The fourth-order valence-electron chi connectivity index (χ4n) is 3.68. The van der Waals surface area contributed by atoms with E-state index in [0.29, 0.717) is 17.9 Å². The van der Waals surface area contributed by atoms with Gasteiger partial charge in [0.05, 0.1) is 19.5 Å². The molecule has 7 heteroatoms. The second-order valence-electron chi connectivity index (χ2n) is 6.92. The largest absolute Gasteiger partial charge is 0.496 e. The molecule has 0 spiro atoms. The van der Waals surface area contributed by atoms with Gasteiger partial charge in [0.15, 0.2) is 5.78 Å². The van der Waals surface area contributed by atoms with E-state index < -0.39 is 5.91 Å². The second kappa shape index (κ2) is 7.73. The van der Waals surface area contributed by atoms with E-state index in [1.807, 2.05) is 30.9 Å². The Hall–Kier alpha value is -2.96. The molecule has 2 heterocycles. The molecular weight excluding hydrogens is 344 g/mol. The summed E-state index contributed by atoms with van der Waals surface area (Å²) in [5, 5.41) is 0. The Morgan fingerprint density at radius 3 is 2.56 bits per heavy atom. The van der Waals surface area contributed by atoms with Crippen LogP contribution in [0.4, 0.5) is 5.82 Å². The zero-order valence-electron chi connectivity index (χ0n) is 15.9. The Kier molecular flexibility index (Phi) is 5.39. The first kappa shape index (κ1) is 18.8. The molecule has 7 nitrogen and oxygen atoms in total. The summed E-state index contributed by atoms with van der Waals surface area (Å²) in [5.74, 6) is 0.761. The van der Waals surface area contributed by atoms with Crippen molar-refractivity contribution in [1.29, 1.82) is 0 Å². The number of amides is 1. The number of hydrogen-bond donors (Lipinski definition) is 1. The van der Waals surface area contributed by atoms with Crippen LogP contribution >= 0.6 is 0 Å². The van der Waals surface area contributed by atoms with Crippen molar-refractivity contribution in [2.45, 2.75) is 26.7 Å². The van der Waals surface area contributed by atoms with E-state index in [1.54, 1.807) is 13.3 Å². The molecule has 1 aliphatic rings. The smallest absolute Gasteiger partial charge is 0.268 e. The normalized spacial score (nSPS) is 16.9. The van der Waals surface area contributed by atoms with Gasteiger partial charge >= 0.3 is 0 Å². The van der Waals surface area contributed by atoms with Crippen molar-refractivity contribution < 1.29 is 14.3 Å². The number of benzene rings is 1. The Morgan fingerprint density at radius 2 is 1.93 bits per heavy atom. The molecule has 2 aromatic rings. The van der Waals surface area contributed by atoms with Gasteiger partial charge < -0.3 is 15.4 Å². The molecule has 0 bridgehead atoms. The molecular formula is C20H24N4O3. The molecule has 3 rings (SSSR count). The van der Waals surface area contributed by atoms with Crippen molar-refractivity contribution in [2.24, 2.45) is 11.7 Å². The van der Waals surface area contributed by atoms with Gasteiger partial charge in [-0.1, -0.05) is 0 Å². The van der Waals surface area contributed by atoms with Crippen LogP contribution in [0.5, 0.6) is 5.75 Å². The Morgan fingerprint density at radius 1 is 1.22 bits per heavy atom. The minimum atomic E-state index is -0.613. The summed E-state index contributed by atoms with van der Waals surface area (Å²) < 4.78 is 5.39. The molecule has 1 atom stereocenters. The molecule has 1 aromatic carbocycles. The quantitative estimate of drug-likeness (QED) is 0.813. The lowest BCUT2D eigenvalue weighted by atomic mass is 9.88. The Labute approximate surface area is 158 Å². The molecule has 1 fully saturated rings. The van der Waals surface area contributed by atoms with Crippen LogP contribution in [0.15, 0.2) is 24.5 Å². The minimum Gasteiger partial charge on any atom is -0.496 e. The van der Waals surface area contributed by atoms with Gasteiger partial charge in [-0.05, 0) is 49.9 Å². The SMILES string of the molecule is COc1c(C)cc(C(=O)[C@H]2CCCN(c3cncc(C(N)=O)n3)C2)cc1C. The topological polar surface area (TPSA) is 98.4 Å². The summed E-state index contributed by atoms with van der Waals surface area (Å²) in [6, 6.07) is 3.78. The number of Topliss-reactive ketones (excluding diaryl/α,β-unsaturated/α-hetero) is 1. The van der Waals surface area contributed by atoms with Crippen LogP contribution in [0, 0.1) is 19.8 Å². The lowest BCUT2D eigenvalue weighted by Gasteiger charge is -2.32. The number of carbonyl (C=O) groups is 2. The summed E-state index contributed by atoms with van der Waals surface area (Å²) >= 11 is 0. The van der Waals surface area contributed by atoms with E-state index in [2.05, 4.69) is 9.97 Å². The number of carbonyl (C=O) groups excluding carboxylic acids is 2. The number of aromatic nitrogens is 2. The number of ether oxygens (including phenoxy) is 1. The van der Waals surface area contributed by atoms with Crippen molar-refractivity contribution in [2.75, 3.05) is 25.1 Å². The molecule has 1 aromatic heterocycles. The number of primary amides is 1. The standard InChI is InChI=1S/C20H24N4O3/c1-12-7-15(8-13(2)19(12)27-3)18(25)14-5-4-6-24(11-14)17-10-22-9-16(23-17)20(21)26/h7-10,14H,4-6,11H2,1-3H3,(H2,21,26)/t14-/m0/s1. The molecule has 0 unspecified atom stereocenters. The van der Waals surface area contributed by atoms with Gasteiger partial charge in [0, 0.05) is 24.6 Å². The summed E-state index contributed by atoms with van der Waals surface area (Å²) in [6.07, 6.45) is 4.64. The lowest BCUT2D eigenvalue weighted by Crippen LogP contribution is -2.39. The van der Waals surface area contributed by atoms with Gasteiger partial charge in [-0.2, -0.15) is 0 Å². The van der Waals surface area contributed by atoms with Crippen LogP contribution in [0.1, 0.15) is 44.8 Å². The average Bonchev–Trinajstić information content (AvgIpc) is 2.67. The number of ketones is 1. The number of methoxy groups -OCH3 is 1. The number of piperidine rings is 1. The predicted octanol–water partition coefficient (Wildman–Crippen LogP) is 2.30. The lowest BCUT2D eigenvalue weighted by molar-refractivity contribution is 0.0905. The number of aryl methyl sites for hydroxylation is 2. The van der Waals surface area contributed by atoms with Crippen LogP contribution in [0.3, 0.4) is 0 Å². The van der Waals surface area contributed by atoms with E-state index in [1.165, 1.54) is 6.20 Å². The number of nitrogens with two attached hydrogens (primary N) is 1. The van der Waals surface area contributed by atoms with Gasteiger partial charge in [-0.3, -0.25) is 14.6 Å². The van der Waals surface area contributed by atoms with Gasteiger partial charge in [0.25, 0.3) is 5.91 Å². The Balaban J connectivity index is 1.81. The van der Waals surface area contributed by atoms with Gasteiger partial charge in [0.2, 0.25) is 0 Å². The highest BCUT2D eigenvalue weighted by molar-refractivity contribution is 5.99. The zero-order chi connectivity index (χ0) is 19.6. The maximum Gasteiger partial charge on any atom is 0.268 e. The number of rotatable bonds is 5. The first-order valence-electron chi connectivity index (χ1n) is 8.97. The van der Waals surface area contributed by atoms with Crippen LogP contribution in [-0.4, -0.2) is 41.9 Å². The third-order valence-electron chi connectivity index (χ3n) is 4.94. The first-order chi connectivity index (χ1) is 12.9. The molecule has 142 valence electrons. The zero-order valence-corrected chi connectivity index (χ0v) is 15.9. The van der Waals surface area contributed by atoms with Gasteiger partial charge in [0.1, 0.15) is 17.3 Å². The molecule has 2 N–H and O–H groups in total. The van der Waals surface area contributed by atoms with E-state index in [-0.39, 0.29) is 17.4 Å². The molecule has 0 saturated carbocycles. The van der Waals surface area contributed by atoms with Crippen LogP contribution < -0.4 is 15.4 Å². The van der Waals surface area contributed by atoms with Gasteiger partial charge in [-0.15, -0.1) is 0 Å². The third-order valence-corrected chi connectivity index (χ3v) is 4.94. The van der Waals surface area contributed by atoms with Gasteiger partial charge in [-0.25, -0.2) is 4.98 Å². The molecule has 0 aliphatic carbocycles. The maximum absolute atomic E-state index is 13.1. The maximum atomic E-state index is 13.1. The first-order valence-corrected chi connectivity index (χ1v) is 8.97. The van der Waals surface area contributed by atoms with Crippen molar-refractivity contribution in [3.63, 3.8) is 0 Å². The number of hydrogen-bond acceptors (Lipinski definition) is 6. The average molecular weight is 368 g/mol. The van der Waals surface area contributed by atoms with Crippen LogP contribution in [0.2, 0.25) is 0 Å². The minimum absolute atomic E-state index is 0.118. The van der Waals surface area contributed by atoms with E-state index >= 15 is 0 Å². The van der Waals surface area contributed by atoms with Crippen molar-refractivity contribution in [3.8, 4) is 5.75 Å². The number of anilines is 1. The molecule has 1 amide bonds. The third kappa shape index (κ3) is 3.92. The summed E-state index contributed by atoms with van der Waals surface area (Å²) in [6.45, 7) is 5.20. The summed E-state index contributed by atoms with van der Waals surface area (Å²) in [4.78, 5) is 34.7. The number of nitrogens with zero attached hydrogens (tertiary/aromatic N) is 3. The van der Waals surface area contributed by atoms with Crippen molar-refractivity contribution in [1.82, 2.24) is 9.97 Å². The summed E-state index contributed by atoms with van der Waals surface area (Å²) in [5.41, 5.74) is 8.03.